The van der Waals surface area contributed by atoms with Crippen LogP contribution in [0.15, 0.2) is 18.2 Å². The predicted octanol–water partition coefficient (Wildman–Crippen LogP) is 2.62. The number of nitrogens with zero attached hydrogens (tertiary/aromatic N) is 1. The molecule has 1 aromatic carbocycles. The maximum atomic E-state index is 13.6. The Hall–Kier alpha value is -1.60. The normalized spacial score (nSPS) is 19.0. The van der Waals surface area contributed by atoms with Crippen LogP contribution in [0.25, 0.3) is 0 Å². The second-order valence-electron chi connectivity index (χ2n) is 6.73. The molecule has 1 aromatic rings. The van der Waals surface area contributed by atoms with E-state index in [1.54, 1.807) is 13.0 Å². The average Bonchev–Trinajstić information content (AvgIpc) is 2.64. The van der Waals surface area contributed by atoms with E-state index in [0.29, 0.717) is 17.6 Å². The average molecular weight is 323 g/mol. The smallest absolute Gasteiger partial charge is 0.465 e. The Morgan fingerprint density at radius 1 is 1.26 bits per heavy atom. The highest BCUT2D eigenvalue weighted by molar-refractivity contribution is 6.62. The number of carbonyl (C=O) groups is 1. The molecule has 1 aliphatic rings. The fraction of sp³-hybridized carbons (Fsp3) is 0.562. The maximum absolute atomic E-state index is 13.6. The summed E-state index contributed by atoms with van der Waals surface area (Å²) in [5.74, 6) is -0.415. The van der Waals surface area contributed by atoms with Crippen LogP contribution in [0.1, 0.15) is 40.2 Å². The summed E-state index contributed by atoms with van der Waals surface area (Å²) in [4.78, 5) is 12.4. The highest BCUT2D eigenvalue weighted by Crippen LogP contribution is 2.36. The lowest BCUT2D eigenvalue weighted by Crippen LogP contribution is -2.41. The Morgan fingerprint density at radius 2 is 1.83 bits per heavy atom. The third-order valence-corrected chi connectivity index (χ3v) is 4.63. The van der Waals surface area contributed by atoms with Crippen molar-refractivity contribution < 1.29 is 23.6 Å². The molecule has 1 saturated heterocycles. The molecule has 1 amide bonds. The van der Waals surface area contributed by atoms with Gasteiger partial charge in [0.25, 0.3) is 0 Å². The van der Waals surface area contributed by atoms with Crippen LogP contribution in [0, 0.1) is 5.82 Å². The van der Waals surface area contributed by atoms with Crippen molar-refractivity contribution in [3.05, 3.63) is 29.6 Å². The molecule has 0 bridgehead atoms. The number of hydrogen-bond donors (Lipinski definition) is 1. The standard InChI is InChI=1S/C16H23BFNO4/c1-6-19(14(20)21)10-11-9-12(18)7-8-13(11)17-22-15(2,3)16(4,5)23-17/h7-9H,6,10H2,1-5H3,(H,20,21). The summed E-state index contributed by atoms with van der Waals surface area (Å²) in [6.07, 6.45) is -1.04. The van der Waals surface area contributed by atoms with E-state index in [1.807, 2.05) is 27.7 Å². The van der Waals surface area contributed by atoms with Gasteiger partial charge < -0.3 is 19.3 Å². The van der Waals surface area contributed by atoms with Gasteiger partial charge in [-0.05, 0) is 57.8 Å². The summed E-state index contributed by atoms with van der Waals surface area (Å²) in [5, 5.41) is 9.20. The molecule has 0 aromatic heterocycles. The topological polar surface area (TPSA) is 59.0 Å². The molecule has 0 spiro atoms. The van der Waals surface area contributed by atoms with Crippen LogP contribution in [0.3, 0.4) is 0 Å². The van der Waals surface area contributed by atoms with Gasteiger partial charge in [0.15, 0.2) is 0 Å². The third kappa shape index (κ3) is 3.51. The molecule has 1 aliphatic heterocycles. The lowest BCUT2D eigenvalue weighted by atomic mass is 9.75. The second kappa shape index (κ2) is 6.13. The Balaban J connectivity index is 2.35. The molecule has 23 heavy (non-hydrogen) atoms. The van der Waals surface area contributed by atoms with Gasteiger partial charge in [-0.2, -0.15) is 0 Å². The van der Waals surface area contributed by atoms with Crippen LogP contribution in [0.4, 0.5) is 9.18 Å². The Morgan fingerprint density at radius 3 is 2.30 bits per heavy atom. The molecule has 0 radical (unpaired) electrons. The highest BCUT2D eigenvalue weighted by Gasteiger charge is 2.52. The van der Waals surface area contributed by atoms with E-state index in [4.69, 9.17) is 9.31 Å². The van der Waals surface area contributed by atoms with Crippen LogP contribution < -0.4 is 5.46 Å². The van der Waals surface area contributed by atoms with E-state index in [1.165, 1.54) is 17.0 Å². The van der Waals surface area contributed by atoms with Crippen molar-refractivity contribution in [1.29, 1.82) is 0 Å². The van der Waals surface area contributed by atoms with Crippen molar-refractivity contribution in [2.75, 3.05) is 6.54 Å². The van der Waals surface area contributed by atoms with E-state index in [9.17, 15) is 14.3 Å². The number of carboxylic acid groups (broad SMARTS) is 1. The zero-order valence-corrected chi connectivity index (χ0v) is 14.2. The van der Waals surface area contributed by atoms with Gasteiger partial charge >= 0.3 is 13.2 Å². The van der Waals surface area contributed by atoms with Gasteiger partial charge in [-0.1, -0.05) is 6.07 Å². The summed E-state index contributed by atoms with van der Waals surface area (Å²) in [5.41, 5.74) is 0.179. The third-order valence-electron chi connectivity index (χ3n) is 4.63. The zero-order chi connectivity index (χ0) is 17.4. The molecule has 1 fully saturated rings. The minimum absolute atomic E-state index is 0.0863. The van der Waals surface area contributed by atoms with E-state index in [0.717, 1.165) is 0 Å². The molecular formula is C16H23BFNO4. The molecular weight excluding hydrogens is 300 g/mol. The lowest BCUT2D eigenvalue weighted by molar-refractivity contribution is 0.00578. The van der Waals surface area contributed by atoms with Gasteiger partial charge in [0.05, 0.1) is 11.2 Å². The number of rotatable bonds is 4. The molecule has 5 nitrogen and oxygen atoms in total. The van der Waals surface area contributed by atoms with Crippen molar-refractivity contribution in [1.82, 2.24) is 4.90 Å². The van der Waals surface area contributed by atoms with Crippen LogP contribution in [0.5, 0.6) is 0 Å². The SMILES string of the molecule is CCN(Cc1cc(F)ccc1B1OC(C)(C)C(C)(C)O1)C(=O)O. The molecule has 7 heteroatoms. The van der Waals surface area contributed by atoms with Crippen LogP contribution >= 0.6 is 0 Å². The number of amides is 1. The quantitative estimate of drug-likeness (QED) is 0.866. The summed E-state index contributed by atoms with van der Waals surface area (Å²) < 4.78 is 25.6. The van der Waals surface area contributed by atoms with Gasteiger partial charge in [0, 0.05) is 13.1 Å². The number of halogens is 1. The largest absolute Gasteiger partial charge is 0.495 e. The molecule has 1 heterocycles. The van der Waals surface area contributed by atoms with Crippen molar-refractivity contribution in [3.63, 3.8) is 0 Å². The minimum Gasteiger partial charge on any atom is -0.465 e. The van der Waals surface area contributed by atoms with Crippen molar-refractivity contribution >= 4 is 18.7 Å². The zero-order valence-electron chi connectivity index (χ0n) is 14.2. The van der Waals surface area contributed by atoms with Crippen molar-refractivity contribution in [2.45, 2.75) is 52.4 Å². The van der Waals surface area contributed by atoms with Gasteiger partial charge in [-0.15, -0.1) is 0 Å². The summed E-state index contributed by atoms with van der Waals surface area (Å²) in [6, 6.07) is 4.27. The Kier molecular flexibility index (Phi) is 4.73. The van der Waals surface area contributed by atoms with E-state index in [-0.39, 0.29) is 6.54 Å². The van der Waals surface area contributed by atoms with Gasteiger partial charge in [-0.3, -0.25) is 0 Å². The van der Waals surface area contributed by atoms with Crippen molar-refractivity contribution in [3.8, 4) is 0 Å². The summed E-state index contributed by atoms with van der Waals surface area (Å²) in [6.45, 7) is 9.88. The van der Waals surface area contributed by atoms with E-state index in [2.05, 4.69) is 0 Å². The van der Waals surface area contributed by atoms with Crippen molar-refractivity contribution in [2.24, 2.45) is 0 Å². The number of benzene rings is 1. The Labute approximate surface area is 136 Å². The first-order chi connectivity index (χ1) is 10.6. The first kappa shape index (κ1) is 17.8. The molecule has 0 atom stereocenters. The van der Waals surface area contributed by atoms with Gasteiger partial charge in [-0.25, -0.2) is 9.18 Å². The monoisotopic (exact) mass is 323 g/mol. The first-order valence-electron chi connectivity index (χ1n) is 7.69. The van der Waals surface area contributed by atoms with Crippen LogP contribution in [0.2, 0.25) is 0 Å². The molecule has 0 unspecified atom stereocenters. The summed E-state index contributed by atoms with van der Waals surface area (Å²) in [7, 11) is -0.650. The van der Waals surface area contributed by atoms with E-state index < -0.39 is 30.2 Å². The Bertz CT molecular complexity index is 590. The van der Waals surface area contributed by atoms with Crippen LogP contribution in [-0.4, -0.2) is 41.0 Å². The van der Waals surface area contributed by atoms with Gasteiger partial charge in [0.1, 0.15) is 5.82 Å². The fourth-order valence-electron chi connectivity index (χ4n) is 2.43. The maximum Gasteiger partial charge on any atom is 0.495 e. The predicted molar refractivity (Wildman–Crippen MR) is 86.2 cm³/mol. The van der Waals surface area contributed by atoms with Crippen LogP contribution in [-0.2, 0) is 15.9 Å². The summed E-state index contributed by atoms with van der Waals surface area (Å²) >= 11 is 0. The fourth-order valence-corrected chi connectivity index (χ4v) is 2.43. The molecule has 126 valence electrons. The molecule has 2 rings (SSSR count). The molecule has 1 N–H and O–H groups in total. The molecule has 0 aliphatic carbocycles. The molecule has 0 saturated carbocycles. The first-order valence-corrected chi connectivity index (χ1v) is 7.69. The number of hydrogen-bond acceptors (Lipinski definition) is 3. The van der Waals surface area contributed by atoms with Gasteiger partial charge in [0.2, 0.25) is 0 Å². The second-order valence-corrected chi connectivity index (χ2v) is 6.73. The lowest BCUT2D eigenvalue weighted by Gasteiger charge is -2.32. The minimum atomic E-state index is -1.04. The van der Waals surface area contributed by atoms with E-state index >= 15 is 0 Å². The highest BCUT2D eigenvalue weighted by atomic mass is 19.1.